The first-order valence-corrected chi connectivity index (χ1v) is 10.5. The lowest BCUT2D eigenvalue weighted by Crippen LogP contribution is -2.45. The molecule has 0 radical (unpaired) electrons. The summed E-state index contributed by atoms with van der Waals surface area (Å²) in [5.74, 6) is -2.06. The van der Waals surface area contributed by atoms with Gasteiger partial charge in [-0.1, -0.05) is 49.6 Å². The summed E-state index contributed by atoms with van der Waals surface area (Å²) in [6.45, 7) is 7.17. The van der Waals surface area contributed by atoms with E-state index >= 15 is 0 Å². The van der Waals surface area contributed by atoms with Gasteiger partial charge in [0.15, 0.2) is 5.78 Å². The minimum Gasteiger partial charge on any atom is -0.465 e. The first kappa shape index (κ1) is 22.9. The van der Waals surface area contributed by atoms with E-state index in [0.29, 0.717) is 5.56 Å². The van der Waals surface area contributed by atoms with Crippen LogP contribution >= 0.6 is 0 Å². The molecule has 1 unspecified atom stereocenters. The van der Waals surface area contributed by atoms with Crippen LogP contribution in [-0.2, 0) is 19.1 Å². The number of ketones is 1. The van der Waals surface area contributed by atoms with Gasteiger partial charge in [0.05, 0.1) is 12.6 Å². The number of esters is 1. The van der Waals surface area contributed by atoms with Crippen molar-refractivity contribution in [3.05, 3.63) is 35.9 Å². The Hall–Kier alpha value is -2.37. The summed E-state index contributed by atoms with van der Waals surface area (Å²) < 4.78 is 10.6. The Morgan fingerprint density at radius 3 is 2.24 bits per heavy atom. The molecule has 0 spiro atoms. The molecule has 0 bridgehead atoms. The number of amides is 1. The fraction of sp³-hybridized carbons (Fsp3) is 0.609. The molecule has 1 aliphatic rings. The van der Waals surface area contributed by atoms with Crippen LogP contribution in [0.4, 0.5) is 4.79 Å². The number of ether oxygens (including phenoxy) is 2. The van der Waals surface area contributed by atoms with E-state index in [2.05, 4.69) is 5.32 Å². The number of carbonyl (C=O) groups excluding carboxylic acids is 3. The van der Waals surface area contributed by atoms with Crippen LogP contribution in [0.3, 0.4) is 0 Å². The van der Waals surface area contributed by atoms with Crippen molar-refractivity contribution >= 4 is 17.8 Å². The lowest BCUT2D eigenvalue weighted by atomic mass is 9.78. The second-order valence-corrected chi connectivity index (χ2v) is 8.50. The SMILES string of the molecule is CCOC(=O)C(C(=O)C1CCCCC1)[C@H](NC(=O)OC(C)(C)C)c1ccccc1. The van der Waals surface area contributed by atoms with E-state index < -0.39 is 29.6 Å². The van der Waals surface area contributed by atoms with Gasteiger partial charge in [-0.25, -0.2) is 4.79 Å². The highest BCUT2D eigenvalue weighted by Gasteiger charge is 2.41. The minimum atomic E-state index is -1.10. The fourth-order valence-corrected chi connectivity index (χ4v) is 3.74. The Kier molecular flexibility index (Phi) is 8.23. The van der Waals surface area contributed by atoms with Gasteiger partial charge >= 0.3 is 12.1 Å². The van der Waals surface area contributed by atoms with Crippen LogP contribution in [0.2, 0.25) is 0 Å². The number of Topliss-reactive ketones (excluding diaryl/α,β-unsaturated/α-hetero) is 1. The van der Waals surface area contributed by atoms with E-state index in [1.54, 1.807) is 39.8 Å². The zero-order chi connectivity index (χ0) is 21.4. The Labute approximate surface area is 173 Å². The van der Waals surface area contributed by atoms with Gasteiger partial charge in [0.2, 0.25) is 0 Å². The molecule has 0 aliphatic heterocycles. The Morgan fingerprint density at radius 1 is 1.07 bits per heavy atom. The maximum Gasteiger partial charge on any atom is 0.408 e. The lowest BCUT2D eigenvalue weighted by Gasteiger charge is -2.31. The molecule has 29 heavy (non-hydrogen) atoms. The standard InChI is InChI=1S/C23H33NO5/c1-5-28-21(26)18(20(25)17-14-10-7-11-15-17)19(16-12-8-6-9-13-16)24-22(27)29-23(2,3)4/h6,8-9,12-13,17-19H,5,7,10-11,14-15H2,1-4H3,(H,24,27)/t18?,19-/m1/s1. The number of nitrogens with one attached hydrogen (secondary N) is 1. The lowest BCUT2D eigenvalue weighted by molar-refractivity contribution is -0.154. The van der Waals surface area contributed by atoms with Crippen LogP contribution in [0.5, 0.6) is 0 Å². The quantitative estimate of drug-likeness (QED) is 0.532. The third-order valence-electron chi connectivity index (χ3n) is 5.02. The average Bonchev–Trinajstić information content (AvgIpc) is 2.67. The highest BCUT2D eigenvalue weighted by atomic mass is 16.6. The molecule has 2 atom stereocenters. The molecule has 2 rings (SSSR count). The summed E-state index contributed by atoms with van der Waals surface area (Å²) in [6.07, 6.45) is 3.91. The van der Waals surface area contributed by atoms with Gasteiger partial charge in [0.25, 0.3) is 0 Å². The topological polar surface area (TPSA) is 81.7 Å². The van der Waals surface area contributed by atoms with E-state index in [1.165, 1.54) is 0 Å². The number of rotatable bonds is 7. The molecular formula is C23H33NO5. The van der Waals surface area contributed by atoms with Crippen LogP contribution in [-0.4, -0.2) is 30.1 Å². The van der Waals surface area contributed by atoms with Gasteiger partial charge in [-0.15, -0.1) is 0 Å². The molecule has 0 heterocycles. The van der Waals surface area contributed by atoms with Crippen LogP contribution < -0.4 is 5.32 Å². The normalized spacial score (nSPS) is 17.1. The molecule has 0 aromatic heterocycles. The molecule has 1 N–H and O–H groups in total. The summed E-state index contributed by atoms with van der Waals surface area (Å²) in [5, 5.41) is 2.77. The van der Waals surface area contributed by atoms with Crippen molar-refractivity contribution in [1.82, 2.24) is 5.32 Å². The number of hydrogen-bond donors (Lipinski definition) is 1. The predicted octanol–water partition coefficient (Wildman–Crippen LogP) is 4.58. The van der Waals surface area contributed by atoms with Crippen LogP contribution in [0.25, 0.3) is 0 Å². The maximum atomic E-state index is 13.4. The van der Waals surface area contributed by atoms with E-state index in [1.807, 2.05) is 18.2 Å². The van der Waals surface area contributed by atoms with Gasteiger partial charge in [0, 0.05) is 5.92 Å². The summed E-state index contributed by atoms with van der Waals surface area (Å²) >= 11 is 0. The van der Waals surface area contributed by atoms with Crippen molar-refractivity contribution in [2.75, 3.05) is 6.61 Å². The number of benzene rings is 1. The molecule has 1 amide bonds. The number of alkyl carbamates (subject to hydrolysis) is 1. The molecule has 1 aromatic carbocycles. The Bertz CT molecular complexity index is 689. The maximum absolute atomic E-state index is 13.4. The van der Waals surface area contributed by atoms with Gasteiger partial charge in [0.1, 0.15) is 11.5 Å². The molecule has 1 saturated carbocycles. The molecule has 6 heteroatoms. The van der Waals surface area contributed by atoms with Gasteiger partial charge in [-0.2, -0.15) is 0 Å². The van der Waals surface area contributed by atoms with Crippen LogP contribution in [0, 0.1) is 11.8 Å². The largest absolute Gasteiger partial charge is 0.465 e. The van der Waals surface area contributed by atoms with Gasteiger partial charge in [-0.3, -0.25) is 9.59 Å². The van der Waals surface area contributed by atoms with Crippen LogP contribution in [0.1, 0.15) is 71.4 Å². The third-order valence-corrected chi connectivity index (χ3v) is 5.02. The zero-order valence-electron chi connectivity index (χ0n) is 17.9. The van der Waals surface area contributed by atoms with E-state index in [-0.39, 0.29) is 18.3 Å². The number of carbonyl (C=O) groups is 3. The van der Waals surface area contributed by atoms with E-state index in [9.17, 15) is 14.4 Å². The highest BCUT2D eigenvalue weighted by Crippen LogP contribution is 2.33. The van der Waals surface area contributed by atoms with Crippen molar-refractivity contribution in [2.45, 2.75) is 71.4 Å². The van der Waals surface area contributed by atoms with E-state index in [0.717, 1.165) is 32.1 Å². The minimum absolute atomic E-state index is 0.159. The van der Waals surface area contributed by atoms with Crippen molar-refractivity contribution in [3.63, 3.8) is 0 Å². The smallest absolute Gasteiger partial charge is 0.408 e. The zero-order valence-corrected chi connectivity index (χ0v) is 17.9. The first-order chi connectivity index (χ1) is 13.7. The van der Waals surface area contributed by atoms with Gasteiger partial charge in [-0.05, 0) is 46.1 Å². The Balaban J connectivity index is 2.38. The summed E-state index contributed by atoms with van der Waals surface area (Å²) in [7, 11) is 0. The van der Waals surface area contributed by atoms with Crippen molar-refractivity contribution < 1.29 is 23.9 Å². The summed E-state index contributed by atoms with van der Waals surface area (Å²) in [4.78, 5) is 38.8. The third kappa shape index (κ3) is 6.87. The van der Waals surface area contributed by atoms with Crippen LogP contribution in [0.15, 0.2) is 30.3 Å². The Morgan fingerprint density at radius 2 is 1.69 bits per heavy atom. The number of hydrogen-bond acceptors (Lipinski definition) is 5. The molecule has 6 nitrogen and oxygen atoms in total. The first-order valence-electron chi connectivity index (χ1n) is 10.5. The second-order valence-electron chi connectivity index (χ2n) is 8.50. The van der Waals surface area contributed by atoms with Crippen molar-refractivity contribution in [2.24, 2.45) is 11.8 Å². The fourth-order valence-electron chi connectivity index (χ4n) is 3.74. The van der Waals surface area contributed by atoms with Crippen molar-refractivity contribution in [1.29, 1.82) is 0 Å². The highest BCUT2D eigenvalue weighted by molar-refractivity contribution is 6.01. The van der Waals surface area contributed by atoms with Gasteiger partial charge < -0.3 is 14.8 Å². The summed E-state index contributed by atoms with van der Waals surface area (Å²) in [6, 6.07) is 8.21. The molecule has 1 aromatic rings. The summed E-state index contributed by atoms with van der Waals surface area (Å²) in [5.41, 5.74) is -0.0291. The molecule has 160 valence electrons. The molecular weight excluding hydrogens is 370 g/mol. The predicted molar refractivity (Wildman–Crippen MR) is 110 cm³/mol. The second kappa shape index (κ2) is 10.4. The molecule has 1 aliphatic carbocycles. The molecule has 1 fully saturated rings. The monoisotopic (exact) mass is 403 g/mol. The average molecular weight is 404 g/mol. The van der Waals surface area contributed by atoms with Crippen molar-refractivity contribution in [3.8, 4) is 0 Å². The molecule has 0 saturated heterocycles. The van der Waals surface area contributed by atoms with E-state index in [4.69, 9.17) is 9.47 Å².